The Labute approximate surface area is 108 Å². The number of amides is 1. The van der Waals surface area contributed by atoms with Gasteiger partial charge in [0.25, 0.3) is 0 Å². The molecule has 0 saturated carbocycles. The van der Waals surface area contributed by atoms with E-state index in [1.165, 1.54) is 4.90 Å². The van der Waals surface area contributed by atoms with Crippen LogP contribution < -0.4 is 10.2 Å². The zero-order chi connectivity index (χ0) is 11.5. The third-order valence-corrected chi connectivity index (χ3v) is 3.93. The monoisotopic (exact) mass is 300 g/mol. The van der Waals surface area contributed by atoms with Crippen LogP contribution in [0.2, 0.25) is 0 Å². The molecule has 0 unspecified atom stereocenters. The molecule has 0 atom stereocenters. The lowest BCUT2D eigenvalue weighted by molar-refractivity contribution is -0.117. The number of fused-ring (bicyclic) bond motifs is 1. The first-order valence-corrected chi connectivity index (χ1v) is 6.87. The molecular formula is C11H13BrN2OS. The fourth-order valence-corrected chi connectivity index (χ4v) is 3.24. The minimum absolute atomic E-state index is 0.131. The molecule has 5 heteroatoms. The number of hydrogen-bond acceptors (Lipinski definition) is 3. The molecule has 0 aliphatic carbocycles. The fraction of sp³-hybridized carbons (Fsp3) is 0.364. The minimum atomic E-state index is 0.131. The largest absolute Gasteiger partial charge is 0.311 e. The Morgan fingerprint density at radius 1 is 1.62 bits per heavy atom. The molecule has 1 N–H and O–H groups in total. The van der Waals surface area contributed by atoms with Crippen LogP contribution in [-0.4, -0.2) is 31.8 Å². The van der Waals surface area contributed by atoms with Gasteiger partial charge in [-0.05, 0) is 25.2 Å². The first-order chi connectivity index (χ1) is 7.72. The summed E-state index contributed by atoms with van der Waals surface area (Å²) < 4.78 is 1.06. The van der Waals surface area contributed by atoms with Gasteiger partial charge in [0.1, 0.15) is 0 Å². The van der Waals surface area contributed by atoms with E-state index in [1.54, 1.807) is 18.8 Å². The number of rotatable bonds is 2. The van der Waals surface area contributed by atoms with E-state index in [9.17, 15) is 4.79 Å². The molecule has 1 aliphatic rings. The van der Waals surface area contributed by atoms with Crippen LogP contribution in [0.3, 0.4) is 0 Å². The lowest BCUT2D eigenvalue weighted by Crippen LogP contribution is -2.40. The Kier molecular flexibility index (Phi) is 3.89. The van der Waals surface area contributed by atoms with Gasteiger partial charge in [-0.15, -0.1) is 11.8 Å². The molecule has 86 valence electrons. The molecule has 1 amide bonds. The second-order valence-electron chi connectivity index (χ2n) is 3.54. The Hall–Kier alpha value is -0.520. The van der Waals surface area contributed by atoms with Crippen LogP contribution in [0.4, 0.5) is 5.69 Å². The first-order valence-electron chi connectivity index (χ1n) is 5.09. The van der Waals surface area contributed by atoms with Crippen molar-refractivity contribution in [1.82, 2.24) is 5.32 Å². The highest BCUT2D eigenvalue weighted by molar-refractivity contribution is 9.10. The molecule has 1 heterocycles. The Morgan fingerprint density at radius 3 is 3.19 bits per heavy atom. The molecule has 0 spiro atoms. The van der Waals surface area contributed by atoms with E-state index in [4.69, 9.17) is 0 Å². The smallest absolute Gasteiger partial charge is 0.240 e. The molecular weight excluding hydrogens is 288 g/mol. The number of hydrogen-bond donors (Lipinski definition) is 1. The van der Waals surface area contributed by atoms with Gasteiger partial charge >= 0.3 is 0 Å². The maximum atomic E-state index is 11.9. The highest BCUT2D eigenvalue weighted by Crippen LogP contribution is 2.36. The minimum Gasteiger partial charge on any atom is -0.311 e. The highest BCUT2D eigenvalue weighted by atomic mass is 79.9. The van der Waals surface area contributed by atoms with Crippen molar-refractivity contribution in [2.24, 2.45) is 0 Å². The summed E-state index contributed by atoms with van der Waals surface area (Å²) in [5, 5.41) is 2.90. The van der Waals surface area contributed by atoms with Gasteiger partial charge in [0.15, 0.2) is 0 Å². The number of nitrogens with zero attached hydrogens (tertiary/aromatic N) is 1. The number of nitrogens with one attached hydrogen (secondary N) is 1. The normalized spacial score (nSPS) is 14.8. The van der Waals surface area contributed by atoms with Crippen molar-refractivity contribution < 1.29 is 4.79 Å². The molecule has 1 aromatic carbocycles. The van der Waals surface area contributed by atoms with E-state index in [1.807, 2.05) is 17.0 Å². The van der Waals surface area contributed by atoms with Crippen molar-refractivity contribution in [3.8, 4) is 0 Å². The molecule has 3 nitrogen and oxygen atoms in total. The number of likely N-dealkylation sites (N-methyl/N-ethyl adjacent to an activating group) is 1. The van der Waals surface area contributed by atoms with E-state index in [0.717, 1.165) is 22.5 Å². The highest BCUT2D eigenvalue weighted by Gasteiger charge is 2.22. The topological polar surface area (TPSA) is 32.3 Å². The van der Waals surface area contributed by atoms with Crippen molar-refractivity contribution in [1.29, 1.82) is 0 Å². The van der Waals surface area contributed by atoms with Gasteiger partial charge < -0.3 is 10.2 Å². The summed E-state index contributed by atoms with van der Waals surface area (Å²) in [6.45, 7) is 1.18. The average molecular weight is 301 g/mol. The number of anilines is 1. The van der Waals surface area contributed by atoms with Gasteiger partial charge in [-0.25, -0.2) is 0 Å². The second-order valence-corrected chi connectivity index (χ2v) is 5.59. The second kappa shape index (κ2) is 5.21. The van der Waals surface area contributed by atoms with E-state index in [0.29, 0.717) is 6.54 Å². The zero-order valence-electron chi connectivity index (χ0n) is 9.00. The van der Waals surface area contributed by atoms with Crippen LogP contribution in [-0.2, 0) is 4.79 Å². The van der Waals surface area contributed by atoms with Crippen LogP contribution in [0.5, 0.6) is 0 Å². The quantitative estimate of drug-likeness (QED) is 0.908. The molecule has 0 bridgehead atoms. The molecule has 1 aliphatic heterocycles. The van der Waals surface area contributed by atoms with Crippen LogP contribution in [0.25, 0.3) is 0 Å². The number of halogens is 1. The van der Waals surface area contributed by atoms with Crippen molar-refractivity contribution in [2.75, 3.05) is 30.8 Å². The van der Waals surface area contributed by atoms with Gasteiger partial charge in [0.05, 0.1) is 12.2 Å². The standard InChI is InChI=1S/C11H13BrN2OS/c1-13-7-11(15)14-4-5-16-10-6-8(12)2-3-9(10)14/h2-3,6,13H,4-5,7H2,1H3. The molecule has 2 rings (SSSR count). The predicted molar refractivity (Wildman–Crippen MR) is 71.1 cm³/mol. The van der Waals surface area contributed by atoms with Crippen LogP contribution in [0.15, 0.2) is 27.6 Å². The molecule has 0 aromatic heterocycles. The number of carbonyl (C=O) groups excluding carboxylic acids is 1. The summed E-state index contributed by atoms with van der Waals surface area (Å²) >= 11 is 5.25. The van der Waals surface area contributed by atoms with E-state index >= 15 is 0 Å². The average Bonchev–Trinajstić information content (AvgIpc) is 2.28. The van der Waals surface area contributed by atoms with Crippen LogP contribution >= 0.6 is 27.7 Å². The lowest BCUT2D eigenvalue weighted by Gasteiger charge is -2.29. The number of thioether (sulfide) groups is 1. The van der Waals surface area contributed by atoms with Gasteiger partial charge in [0.2, 0.25) is 5.91 Å². The number of carbonyl (C=O) groups is 1. The SMILES string of the molecule is CNCC(=O)N1CCSc2cc(Br)ccc21. The summed E-state index contributed by atoms with van der Waals surface area (Å²) in [6.07, 6.45) is 0. The van der Waals surface area contributed by atoms with Gasteiger partial charge in [0, 0.05) is 21.7 Å². The van der Waals surface area contributed by atoms with E-state index < -0.39 is 0 Å². The summed E-state index contributed by atoms with van der Waals surface area (Å²) in [5.41, 5.74) is 1.03. The first kappa shape index (κ1) is 12.0. The molecule has 16 heavy (non-hydrogen) atoms. The molecule has 1 aromatic rings. The zero-order valence-corrected chi connectivity index (χ0v) is 11.4. The third kappa shape index (κ3) is 2.42. The van der Waals surface area contributed by atoms with Crippen molar-refractivity contribution in [2.45, 2.75) is 4.90 Å². The Morgan fingerprint density at radius 2 is 2.44 bits per heavy atom. The summed E-state index contributed by atoms with van der Waals surface area (Å²) in [4.78, 5) is 14.9. The number of benzene rings is 1. The fourth-order valence-electron chi connectivity index (χ4n) is 1.70. The third-order valence-electron chi connectivity index (χ3n) is 2.41. The molecule has 0 fully saturated rings. The van der Waals surface area contributed by atoms with Gasteiger partial charge in [-0.2, -0.15) is 0 Å². The van der Waals surface area contributed by atoms with Crippen LogP contribution in [0.1, 0.15) is 0 Å². The molecule has 0 saturated heterocycles. The van der Waals surface area contributed by atoms with Crippen molar-refractivity contribution >= 4 is 39.3 Å². The molecule has 0 radical (unpaired) electrons. The Balaban J connectivity index is 2.29. The summed E-state index contributed by atoms with van der Waals surface area (Å²) in [7, 11) is 1.79. The Bertz CT molecular complexity index is 411. The van der Waals surface area contributed by atoms with Crippen molar-refractivity contribution in [3.05, 3.63) is 22.7 Å². The van der Waals surface area contributed by atoms with E-state index in [2.05, 4.69) is 27.3 Å². The van der Waals surface area contributed by atoms with Gasteiger partial charge in [-0.1, -0.05) is 15.9 Å². The summed E-state index contributed by atoms with van der Waals surface area (Å²) in [6, 6.07) is 6.04. The lowest BCUT2D eigenvalue weighted by atomic mass is 10.2. The maximum absolute atomic E-state index is 11.9. The predicted octanol–water partition coefficient (Wildman–Crippen LogP) is 2.11. The summed E-state index contributed by atoms with van der Waals surface area (Å²) in [5.74, 6) is 1.09. The van der Waals surface area contributed by atoms with Gasteiger partial charge in [-0.3, -0.25) is 4.79 Å². The van der Waals surface area contributed by atoms with E-state index in [-0.39, 0.29) is 5.91 Å². The van der Waals surface area contributed by atoms with Crippen LogP contribution in [0, 0.1) is 0 Å². The van der Waals surface area contributed by atoms with Crippen molar-refractivity contribution in [3.63, 3.8) is 0 Å². The maximum Gasteiger partial charge on any atom is 0.240 e.